The Kier molecular flexibility index (Phi) is 4.54. The molecule has 5 aromatic rings. The summed E-state index contributed by atoms with van der Waals surface area (Å²) in [5, 5.41) is 1.22. The Hall–Kier alpha value is -3.71. The summed E-state index contributed by atoms with van der Waals surface area (Å²) in [6.07, 6.45) is 0. The summed E-state index contributed by atoms with van der Waals surface area (Å²) < 4.78 is 0. The molecule has 6 rings (SSSR count). The molecule has 0 unspecified atom stereocenters. The van der Waals surface area contributed by atoms with Gasteiger partial charge in [-0.05, 0) is 90.0 Å². The van der Waals surface area contributed by atoms with Gasteiger partial charge in [-0.1, -0.05) is 79.6 Å². The molecule has 34 heavy (non-hydrogen) atoms. The van der Waals surface area contributed by atoms with Crippen molar-refractivity contribution >= 4 is 10.9 Å². The predicted octanol–water partition coefficient (Wildman–Crippen LogP) is 8.80. The van der Waals surface area contributed by atoms with Crippen LogP contribution < -0.4 is 0 Å². The number of nitrogens with zero attached hydrogens (tertiary/aromatic N) is 1. The molecule has 0 spiro atoms. The molecular weight excluding hydrogens is 410 g/mol. The van der Waals surface area contributed by atoms with Crippen molar-refractivity contribution in [1.29, 1.82) is 0 Å². The first-order valence-electron chi connectivity index (χ1n) is 12.1. The van der Waals surface area contributed by atoms with E-state index in [0.29, 0.717) is 0 Å². The van der Waals surface area contributed by atoms with E-state index in [-0.39, 0.29) is 5.41 Å². The van der Waals surface area contributed by atoms with Gasteiger partial charge in [0.2, 0.25) is 0 Å². The molecule has 0 N–H and O–H groups in total. The summed E-state index contributed by atoms with van der Waals surface area (Å²) in [6, 6.07) is 31.3. The molecule has 1 aliphatic rings. The number of hydrogen-bond acceptors (Lipinski definition) is 1. The van der Waals surface area contributed by atoms with Crippen molar-refractivity contribution in [2.45, 2.75) is 40.0 Å². The third-order valence-corrected chi connectivity index (χ3v) is 7.46. The van der Waals surface area contributed by atoms with Crippen LogP contribution in [0.15, 0.2) is 84.9 Å². The highest BCUT2D eigenvalue weighted by Crippen LogP contribution is 2.50. The monoisotopic (exact) mass is 439 g/mol. The van der Waals surface area contributed by atoms with E-state index in [1.165, 1.54) is 61.0 Å². The van der Waals surface area contributed by atoms with Crippen molar-refractivity contribution in [3.63, 3.8) is 0 Å². The van der Waals surface area contributed by atoms with Crippen molar-refractivity contribution in [3.8, 4) is 33.5 Å². The lowest BCUT2D eigenvalue weighted by Gasteiger charge is -2.22. The van der Waals surface area contributed by atoms with Gasteiger partial charge in [0.1, 0.15) is 0 Å². The Bertz CT molecular complexity index is 1580. The zero-order valence-electron chi connectivity index (χ0n) is 20.5. The van der Waals surface area contributed by atoms with Crippen LogP contribution in [-0.2, 0) is 5.41 Å². The van der Waals surface area contributed by atoms with E-state index in [4.69, 9.17) is 4.98 Å². The van der Waals surface area contributed by atoms with Gasteiger partial charge >= 0.3 is 0 Å². The number of fused-ring (bicyclic) bond motifs is 4. The Labute approximate surface area is 202 Å². The normalized spacial score (nSPS) is 13.7. The van der Waals surface area contributed by atoms with E-state index in [2.05, 4.69) is 120 Å². The summed E-state index contributed by atoms with van der Waals surface area (Å²) in [5.41, 5.74) is 15.0. The molecule has 1 aromatic heterocycles. The third-order valence-electron chi connectivity index (χ3n) is 7.46. The Morgan fingerprint density at radius 1 is 0.588 bits per heavy atom. The maximum absolute atomic E-state index is 5.25. The fraction of sp³-hybridized carbons (Fsp3) is 0.182. The first kappa shape index (κ1) is 20.9. The van der Waals surface area contributed by atoms with Crippen molar-refractivity contribution < 1.29 is 0 Å². The smallest absolute Gasteiger partial charge is 0.0719 e. The topological polar surface area (TPSA) is 12.9 Å². The molecule has 1 aliphatic carbocycles. The molecule has 0 atom stereocenters. The molecule has 0 fully saturated rings. The van der Waals surface area contributed by atoms with Crippen molar-refractivity contribution in [2.24, 2.45) is 0 Å². The molecule has 0 bridgehead atoms. The number of aromatic nitrogens is 1. The van der Waals surface area contributed by atoms with Crippen LogP contribution in [0, 0.1) is 20.8 Å². The minimum absolute atomic E-state index is 0.0411. The maximum atomic E-state index is 5.25. The van der Waals surface area contributed by atoms with Crippen LogP contribution in [0.1, 0.15) is 41.7 Å². The van der Waals surface area contributed by atoms with E-state index in [0.717, 1.165) is 11.2 Å². The Morgan fingerprint density at radius 3 is 2.00 bits per heavy atom. The molecule has 0 saturated heterocycles. The molecule has 166 valence electrons. The maximum Gasteiger partial charge on any atom is 0.0719 e. The average molecular weight is 440 g/mol. The minimum atomic E-state index is -0.0411. The van der Waals surface area contributed by atoms with Crippen molar-refractivity contribution in [1.82, 2.24) is 4.98 Å². The first-order chi connectivity index (χ1) is 16.3. The van der Waals surface area contributed by atoms with Crippen LogP contribution in [0.25, 0.3) is 44.4 Å². The number of pyridine rings is 1. The van der Waals surface area contributed by atoms with Gasteiger partial charge in [0.15, 0.2) is 0 Å². The van der Waals surface area contributed by atoms with E-state index < -0.39 is 0 Å². The minimum Gasteiger partial charge on any atom is -0.248 e. The summed E-state index contributed by atoms with van der Waals surface area (Å²) in [6.45, 7) is 11.2. The SMILES string of the molecule is Cc1cc(C)cc(-c2cc(-c3ccccc3C)c3cc4c(cc3n2)C(C)(C)c2ccccc2-4)c1. The summed E-state index contributed by atoms with van der Waals surface area (Å²) >= 11 is 0. The number of aryl methyl sites for hydroxylation is 3. The van der Waals surface area contributed by atoms with Crippen LogP contribution in [0.5, 0.6) is 0 Å². The average Bonchev–Trinajstić information content (AvgIpc) is 3.03. The van der Waals surface area contributed by atoms with E-state index in [1.807, 2.05) is 0 Å². The van der Waals surface area contributed by atoms with Gasteiger partial charge in [-0.3, -0.25) is 0 Å². The lowest BCUT2D eigenvalue weighted by molar-refractivity contribution is 0.661. The molecule has 0 radical (unpaired) electrons. The van der Waals surface area contributed by atoms with E-state index in [1.54, 1.807) is 0 Å². The fourth-order valence-corrected chi connectivity index (χ4v) is 5.79. The largest absolute Gasteiger partial charge is 0.248 e. The third kappa shape index (κ3) is 3.11. The van der Waals surface area contributed by atoms with Gasteiger partial charge in [0.25, 0.3) is 0 Å². The van der Waals surface area contributed by atoms with E-state index >= 15 is 0 Å². The molecule has 1 nitrogen and oxygen atoms in total. The molecule has 0 saturated carbocycles. The molecule has 1 heteroatoms. The predicted molar refractivity (Wildman–Crippen MR) is 144 cm³/mol. The van der Waals surface area contributed by atoms with Crippen molar-refractivity contribution in [2.75, 3.05) is 0 Å². The Morgan fingerprint density at radius 2 is 1.26 bits per heavy atom. The molecule has 0 aliphatic heterocycles. The van der Waals surface area contributed by atoms with Gasteiger partial charge in [-0.2, -0.15) is 0 Å². The summed E-state index contributed by atoms with van der Waals surface area (Å²) in [4.78, 5) is 5.25. The lowest BCUT2D eigenvalue weighted by Crippen LogP contribution is -2.14. The van der Waals surface area contributed by atoms with Crippen LogP contribution >= 0.6 is 0 Å². The summed E-state index contributed by atoms with van der Waals surface area (Å²) in [7, 11) is 0. The molecular formula is C33H29N. The number of hydrogen-bond donors (Lipinski definition) is 0. The van der Waals surface area contributed by atoms with E-state index in [9.17, 15) is 0 Å². The Balaban J connectivity index is 1.71. The second-order valence-electron chi connectivity index (χ2n) is 10.3. The second-order valence-corrected chi connectivity index (χ2v) is 10.3. The van der Waals surface area contributed by atoms with Gasteiger partial charge < -0.3 is 0 Å². The highest BCUT2D eigenvalue weighted by atomic mass is 14.7. The standard InChI is InChI=1S/C33H29N/c1-20-14-21(2)16-23(15-20)31-18-26(24-11-7-6-10-22(24)3)28-17-27-25-12-8-9-13-29(25)33(4,5)30(27)19-32(28)34-31/h6-19H,1-5H3. The highest BCUT2D eigenvalue weighted by Gasteiger charge is 2.35. The van der Waals surface area contributed by atoms with Gasteiger partial charge in [0.05, 0.1) is 11.2 Å². The molecule has 4 aromatic carbocycles. The zero-order chi connectivity index (χ0) is 23.6. The van der Waals surface area contributed by atoms with Crippen LogP contribution in [0.4, 0.5) is 0 Å². The van der Waals surface area contributed by atoms with Crippen molar-refractivity contribution in [3.05, 3.63) is 113 Å². The number of benzene rings is 4. The van der Waals surface area contributed by atoms with Crippen LogP contribution in [0.2, 0.25) is 0 Å². The quantitative estimate of drug-likeness (QED) is 0.268. The second kappa shape index (κ2) is 7.40. The summed E-state index contributed by atoms with van der Waals surface area (Å²) in [5.74, 6) is 0. The highest BCUT2D eigenvalue weighted by molar-refractivity contribution is 6.02. The van der Waals surface area contributed by atoms with Gasteiger partial charge in [-0.25, -0.2) is 4.98 Å². The van der Waals surface area contributed by atoms with Gasteiger partial charge in [0, 0.05) is 16.4 Å². The van der Waals surface area contributed by atoms with Crippen LogP contribution in [0.3, 0.4) is 0 Å². The lowest BCUT2D eigenvalue weighted by atomic mass is 9.82. The number of rotatable bonds is 2. The van der Waals surface area contributed by atoms with Crippen LogP contribution in [-0.4, -0.2) is 4.98 Å². The van der Waals surface area contributed by atoms with Gasteiger partial charge in [-0.15, -0.1) is 0 Å². The molecule has 0 amide bonds. The fourth-order valence-electron chi connectivity index (χ4n) is 5.79. The molecule has 1 heterocycles. The zero-order valence-corrected chi connectivity index (χ0v) is 20.5. The first-order valence-corrected chi connectivity index (χ1v) is 12.1.